The molecule has 8 nitrogen and oxygen atoms in total. The fraction of sp³-hybridized carbons (Fsp3) is 0.250. The van der Waals surface area contributed by atoms with E-state index < -0.39 is 29.2 Å². The van der Waals surface area contributed by atoms with Crippen LogP contribution in [-0.2, 0) is 14.3 Å². The quantitative estimate of drug-likeness (QED) is 0.329. The van der Waals surface area contributed by atoms with Gasteiger partial charge in [0.1, 0.15) is 0 Å². The van der Waals surface area contributed by atoms with Crippen LogP contribution in [0.3, 0.4) is 0 Å². The summed E-state index contributed by atoms with van der Waals surface area (Å²) in [5.74, 6) is -1.90. The van der Waals surface area contributed by atoms with Gasteiger partial charge in [0.05, 0.1) is 10.8 Å². The lowest BCUT2D eigenvalue weighted by Crippen LogP contribution is -2.27. The average Bonchev–Trinajstić information content (AvgIpc) is 3.08. The molecule has 0 aromatic heterocycles. The molecule has 0 bridgehead atoms. The van der Waals surface area contributed by atoms with Gasteiger partial charge < -0.3 is 9.64 Å². The minimum atomic E-state index is -0.640. The summed E-state index contributed by atoms with van der Waals surface area (Å²) >= 11 is 0. The number of aryl methyl sites for hydroxylation is 1. The maximum absolute atomic E-state index is 12.3. The number of rotatable bonds is 6. The second kappa shape index (κ2) is 7.99. The van der Waals surface area contributed by atoms with Crippen molar-refractivity contribution in [1.29, 1.82) is 0 Å². The van der Waals surface area contributed by atoms with Crippen LogP contribution < -0.4 is 4.90 Å². The predicted octanol–water partition coefficient (Wildman–Crippen LogP) is 2.68. The summed E-state index contributed by atoms with van der Waals surface area (Å²) in [5, 5.41) is 10.6. The first-order chi connectivity index (χ1) is 13.3. The Bertz CT molecular complexity index is 921. The Balaban J connectivity index is 1.56. The van der Waals surface area contributed by atoms with Gasteiger partial charge >= 0.3 is 5.97 Å². The fourth-order valence-electron chi connectivity index (χ4n) is 2.95. The number of Topliss-reactive ketones (excluding diaryl/α,β-unsaturated/α-hetero) is 1. The lowest BCUT2D eigenvalue weighted by atomic mass is 10.1. The Morgan fingerprint density at radius 1 is 1.14 bits per heavy atom. The van der Waals surface area contributed by atoms with Crippen molar-refractivity contribution in [1.82, 2.24) is 0 Å². The number of nitro groups is 1. The number of hydrogen-bond acceptors (Lipinski definition) is 6. The first kappa shape index (κ1) is 19.2. The number of carbonyl (C=O) groups is 3. The van der Waals surface area contributed by atoms with Crippen LogP contribution >= 0.6 is 0 Å². The molecular formula is C20H18N2O6. The van der Waals surface area contributed by atoms with E-state index in [1.165, 1.54) is 29.2 Å². The van der Waals surface area contributed by atoms with E-state index in [1.807, 2.05) is 31.2 Å². The van der Waals surface area contributed by atoms with Crippen LogP contribution in [0, 0.1) is 23.0 Å². The summed E-state index contributed by atoms with van der Waals surface area (Å²) in [6, 6.07) is 12.5. The maximum atomic E-state index is 12.3. The summed E-state index contributed by atoms with van der Waals surface area (Å²) in [6.45, 7) is 1.66. The van der Waals surface area contributed by atoms with Crippen LogP contribution in [0.5, 0.6) is 0 Å². The minimum Gasteiger partial charge on any atom is -0.457 e. The molecule has 1 fully saturated rings. The van der Waals surface area contributed by atoms with Crippen LogP contribution in [0.4, 0.5) is 11.4 Å². The summed E-state index contributed by atoms with van der Waals surface area (Å²) in [4.78, 5) is 48.2. The molecule has 1 aliphatic rings. The SMILES string of the molecule is Cc1ccc(N2C[C@@H](C(=O)OCC(=O)c3ccc([N+](=O)[O-])cc3)CC2=O)cc1. The third-order valence-electron chi connectivity index (χ3n) is 4.55. The monoisotopic (exact) mass is 382 g/mol. The number of ketones is 1. The second-order valence-electron chi connectivity index (χ2n) is 6.58. The lowest BCUT2D eigenvalue weighted by molar-refractivity contribution is -0.384. The Hall–Kier alpha value is -3.55. The normalized spacial score (nSPS) is 16.1. The van der Waals surface area contributed by atoms with Crippen LogP contribution in [0.25, 0.3) is 0 Å². The fourth-order valence-corrected chi connectivity index (χ4v) is 2.95. The van der Waals surface area contributed by atoms with Gasteiger partial charge in [0.2, 0.25) is 5.91 Å². The Morgan fingerprint density at radius 3 is 2.39 bits per heavy atom. The van der Waals surface area contributed by atoms with Crippen molar-refractivity contribution < 1.29 is 24.0 Å². The number of ether oxygens (including phenoxy) is 1. The molecule has 1 aliphatic heterocycles. The number of amides is 1. The molecule has 0 spiro atoms. The van der Waals surface area contributed by atoms with Crippen molar-refractivity contribution in [2.75, 3.05) is 18.1 Å². The van der Waals surface area contributed by atoms with Crippen molar-refractivity contribution in [3.63, 3.8) is 0 Å². The van der Waals surface area contributed by atoms with Crippen LogP contribution in [-0.4, -0.2) is 35.7 Å². The number of nitro benzene ring substituents is 1. The Kier molecular flexibility index (Phi) is 5.49. The zero-order chi connectivity index (χ0) is 20.3. The molecule has 28 heavy (non-hydrogen) atoms. The zero-order valence-corrected chi connectivity index (χ0v) is 15.2. The number of anilines is 1. The van der Waals surface area contributed by atoms with Gasteiger partial charge in [-0.15, -0.1) is 0 Å². The highest BCUT2D eigenvalue weighted by Gasteiger charge is 2.36. The van der Waals surface area contributed by atoms with Gasteiger partial charge in [-0.3, -0.25) is 24.5 Å². The van der Waals surface area contributed by atoms with Crippen LogP contribution in [0.15, 0.2) is 48.5 Å². The van der Waals surface area contributed by atoms with Crippen molar-refractivity contribution in [3.8, 4) is 0 Å². The summed E-state index contributed by atoms with van der Waals surface area (Å²) in [5.41, 5.74) is 1.86. The van der Waals surface area contributed by atoms with Gasteiger partial charge in [-0.2, -0.15) is 0 Å². The van der Waals surface area contributed by atoms with Crippen molar-refractivity contribution in [3.05, 3.63) is 69.8 Å². The molecular weight excluding hydrogens is 364 g/mol. The standard InChI is InChI=1S/C20H18N2O6/c1-13-2-6-16(7-3-13)21-11-15(10-19(21)24)20(25)28-12-18(23)14-4-8-17(9-5-14)22(26)27/h2-9,15H,10-12H2,1H3/t15-/m0/s1. The molecule has 1 atom stereocenters. The number of benzene rings is 2. The van der Waals surface area contributed by atoms with Gasteiger partial charge in [0.15, 0.2) is 12.4 Å². The van der Waals surface area contributed by atoms with E-state index in [2.05, 4.69) is 0 Å². The Labute approximate surface area is 160 Å². The summed E-state index contributed by atoms with van der Waals surface area (Å²) in [7, 11) is 0. The van der Waals surface area contributed by atoms with Gasteiger partial charge in [-0.05, 0) is 31.2 Å². The third-order valence-corrected chi connectivity index (χ3v) is 4.55. The largest absolute Gasteiger partial charge is 0.457 e. The number of nitrogens with zero attached hydrogens (tertiary/aromatic N) is 2. The molecule has 0 unspecified atom stereocenters. The number of carbonyl (C=O) groups excluding carboxylic acids is 3. The van der Waals surface area contributed by atoms with Crippen molar-refractivity contribution >= 4 is 29.0 Å². The van der Waals surface area contributed by atoms with Gasteiger partial charge in [0, 0.05) is 36.3 Å². The van der Waals surface area contributed by atoms with Crippen molar-refractivity contribution in [2.45, 2.75) is 13.3 Å². The zero-order valence-electron chi connectivity index (χ0n) is 15.2. The van der Waals surface area contributed by atoms with Gasteiger partial charge in [-0.1, -0.05) is 17.7 Å². The van der Waals surface area contributed by atoms with Crippen LogP contribution in [0.1, 0.15) is 22.3 Å². The highest BCUT2D eigenvalue weighted by atomic mass is 16.6. The molecule has 1 saturated heterocycles. The van der Waals surface area contributed by atoms with Crippen molar-refractivity contribution in [2.24, 2.45) is 5.92 Å². The summed E-state index contributed by atoms with van der Waals surface area (Å²) < 4.78 is 5.07. The Morgan fingerprint density at radius 2 is 1.79 bits per heavy atom. The molecule has 0 N–H and O–H groups in total. The molecule has 0 aliphatic carbocycles. The van der Waals surface area contributed by atoms with Crippen LogP contribution in [0.2, 0.25) is 0 Å². The predicted molar refractivity (Wildman–Crippen MR) is 100 cm³/mol. The van der Waals surface area contributed by atoms with E-state index in [-0.39, 0.29) is 30.1 Å². The first-order valence-electron chi connectivity index (χ1n) is 8.66. The molecule has 1 heterocycles. The van der Waals surface area contributed by atoms with E-state index in [4.69, 9.17) is 4.74 Å². The average molecular weight is 382 g/mol. The smallest absolute Gasteiger partial charge is 0.311 e. The highest BCUT2D eigenvalue weighted by molar-refractivity contribution is 6.01. The van der Waals surface area contributed by atoms with Gasteiger partial charge in [0.25, 0.3) is 5.69 Å². The van der Waals surface area contributed by atoms with E-state index in [1.54, 1.807) is 0 Å². The molecule has 8 heteroatoms. The molecule has 2 aromatic carbocycles. The molecule has 144 valence electrons. The molecule has 2 aromatic rings. The topological polar surface area (TPSA) is 107 Å². The minimum absolute atomic E-state index is 0.0262. The summed E-state index contributed by atoms with van der Waals surface area (Å²) in [6.07, 6.45) is 0.0262. The first-order valence-corrected chi connectivity index (χ1v) is 8.66. The highest BCUT2D eigenvalue weighted by Crippen LogP contribution is 2.26. The number of non-ortho nitro benzene ring substituents is 1. The number of esters is 1. The van der Waals surface area contributed by atoms with E-state index in [0.717, 1.165) is 5.56 Å². The second-order valence-corrected chi connectivity index (χ2v) is 6.58. The van der Waals surface area contributed by atoms with E-state index in [0.29, 0.717) is 5.69 Å². The number of hydrogen-bond donors (Lipinski definition) is 0. The van der Waals surface area contributed by atoms with Gasteiger partial charge in [-0.25, -0.2) is 0 Å². The maximum Gasteiger partial charge on any atom is 0.311 e. The molecule has 0 radical (unpaired) electrons. The molecule has 0 saturated carbocycles. The molecule has 3 rings (SSSR count). The lowest BCUT2D eigenvalue weighted by Gasteiger charge is -2.16. The van der Waals surface area contributed by atoms with E-state index in [9.17, 15) is 24.5 Å². The molecule has 1 amide bonds. The third kappa shape index (κ3) is 4.22. The van der Waals surface area contributed by atoms with E-state index >= 15 is 0 Å².